The van der Waals surface area contributed by atoms with E-state index in [1.807, 2.05) is 26.0 Å². The molecule has 0 spiro atoms. The highest BCUT2D eigenvalue weighted by atomic mass is 16.5. The van der Waals surface area contributed by atoms with Crippen LogP contribution in [-0.2, 0) is 6.54 Å². The molecule has 3 aromatic rings. The molecule has 1 aromatic heterocycles. The summed E-state index contributed by atoms with van der Waals surface area (Å²) in [6.07, 6.45) is 0. The quantitative estimate of drug-likeness (QED) is 0.647. The number of aryl methyl sites for hydroxylation is 2. The van der Waals surface area contributed by atoms with Crippen LogP contribution >= 0.6 is 0 Å². The molecule has 2 heterocycles. The van der Waals surface area contributed by atoms with E-state index >= 15 is 0 Å². The summed E-state index contributed by atoms with van der Waals surface area (Å²) >= 11 is 0. The Labute approximate surface area is 165 Å². The first-order chi connectivity index (χ1) is 13.5. The van der Waals surface area contributed by atoms with Crippen molar-refractivity contribution < 1.29 is 9.15 Å². The second-order valence-electron chi connectivity index (χ2n) is 7.44. The fourth-order valence-corrected chi connectivity index (χ4v) is 3.85. The summed E-state index contributed by atoms with van der Waals surface area (Å²) in [4.78, 5) is 16.9. The Morgan fingerprint density at radius 3 is 2.39 bits per heavy atom. The Morgan fingerprint density at radius 1 is 1.00 bits per heavy atom. The van der Waals surface area contributed by atoms with Crippen LogP contribution in [0.15, 0.2) is 51.7 Å². The van der Waals surface area contributed by atoms with E-state index in [4.69, 9.17) is 9.15 Å². The molecule has 1 aliphatic heterocycles. The van der Waals surface area contributed by atoms with Crippen LogP contribution in [0.1, 0.15) is 16.7 Å². The lowest BCUT2D eigenvalue weighted by molar-refractivity contribution is 0.250. The average molecular weight is 378 g/mol. The Bertz CT molecular complexity index is 1030. The van der Waals surface area contributed by atoms with Crippen molar-refractivity contribution in [2.75, 3.05) is 38.2 Å². The molecule has 4 rings (SSSR count). The van der Waals surface area contributed by atoms with Gasteiger partial charge >= 0.3 is 5.63 Å². The predicted octanol–water partition coefficient (Wildman–Crippen LogP) is 3.74. The number of methoxy groups -OCH3 is 1. The number of hydrogen-bond donors (Lipinski definition) is 0. The van der Waals surface area contributed by atoms with Crippen molar-refractivity contribution in [1.29, 1.82) is 0 Å². The lowest BCUT2D eigenvalue weighted by Crippen LogP contribution is -2.46. The van der Waals surface area contributed by atoms with E-state index in [1.165, 1.54) is 5.69 Å². The largest absolute Gasteiger partial charge is 0.497 e. The molecule has 5 nitrogen and oxygen atoms in total. The molecular weight excluding hydrogens is 352 g/mol. The van der Waals surface area contributed by atoms with Gasteiger partial charge in [0.05, 0.1) is 7.11 Å². The zero-order valence-electron chi connectivity index (χ0n) is 16.7. The van der Waals surface area contributed by atoms with Crippen LogP contribution in [0.3, 0.4) is 0 Å². The summed E-state index contributed by atoms with van der Waals surface area (Å²) in [5, 5.41) is 1.04. The fraction of sp³-hybridized carbons (Fsp3) is 0.348. The Hall–Kier alpha value is -2.79. The first kappa shape index (κ1) is 18.6. The Morgan fingerprint density at radius 2 is 1.71 bits per heavy atom. The van der Waals surface area contributed by atoms with E-state index in [-0.39, 0.29) is 5.63 Å². The molecule has 0 atom stereocenters. The molecular formula is C23H26N2O3. The number of benzene rings is 2. The summed E-state index contributed by atoms with van der Waals surface area (Å²) < 4.78 is 10.7. The van der Waals surface area contributed by atoms with Crippen molar-refractivity contribution >= 4 is 16.7 Å². The number of hydrogen-bond acceptors (Lipinski definition) is 5. The number of nitrogens with zero attached hydrogens (tertiary/aromatic N) is 2. The van der Waals surface area contributed by atoms with Crippen molar-refractivity contribution in [3.8, 4) is 5.75 Å². The molecule has 1 aliphatic rings. The summed E-state index contributed by atoms with van der Waals surface area (Å²) in [7, 11) is 1.68. The second-order valence-corrected chi connectivity index (χ2v) is 7.44. The summed E-state index contributed by atoms with van der Waals surface area (Å²) in [5.41, 5.74) is 4.90. The predicted molar refractivity (Wildman–Crippen MR) is 112 cm³/mol. The van der Waals surface area contributed by atoms with Gasteiger partial charge in [0, 0.05) is 49.9 Å². The highest BCUT2D eigenvalue weighted by Gasteiger charge is 2.19. The molecule has 1 fully saturated rings. The third kappa shape index (κ3) is 3.62. The fourth-order valence-electron chi connectivity index (χ4n) is 3.85. The molecule has 5 heteroatoms. The van der Waals surface area contributed by atoms with Crippen molar-refractivity contribution in [2.24, 2.45) is 0 Å². The summed E-state index contributed by atoms with van der Waals surface area (Å²) in [6, 6.07) is 14.0. The Balaban J connectivity index is 1.49. The molecule has 0 N–H and O–H groups in total. The number of ether oxygens (including phenoxy) is 1. The highest BCUT2D eigenvalue weighted by Crippen LogP contribution is 2.25. The standard InChI is InChI=1S/C23H26N2O3/c1-16-4-9-21-18(14-22(26)28-23(21)17(16)2)15-24-10-12-25(13-11-24)19-5-7-20(27-3)8-6-19/h4-9,14H,10-13,15H2,1-3H3. The maximum Gasteiger partial charge on any atom is 0.336 e. The van der Waals surface area contributed by atoms with Crippen LogP contribution in [0.25, 0.3) is 11.0 Å². The minimum absolute atomic E-state index is 0.270. The molecule has 0 bridgehead atoms. The van der Waals surface area contributed by atoms with E-state index < -0.39 is 0 Å². The van der Waals surface area contributed by atoms with E-state index in [0.29, 0.717) is 0 Å². The molecule has 146 valence electrons. The molecule has 0 aliphatic carbocycles. The third-order valence-corrected chi connectivity index (χ3v) is 5.72. The van der Waals surface area contributed by atoms with E-state index in [9.17, 15) is 4.79 Å². The maximum atomic E-state index is 12.1. The highest BCUT2D eigenvalue weighted by molar-refractivity contribution is 5.83. The third-order valence-electron chi connectivity index (χ3n) is 5.72. The van der Waals surface area contributed by atoms with Crippen molar-refractivity contribution in [2.45, 2.75) is 20.4 Å². The lowest BCUT2D eigenvalue weighted by atomic mass is 10.0. The molecule has 0 saturated carbocycles. The molecule has 2 aromatic carbocycles. The SMILES string of the molecule is COc1ccc(N2CCN(Cc3cc(=O)oc4c(C)c(C)ccc34)CC2)cc1. The van der Waals surface area contributed by atoms with Gasteiger partial charge < -0.3 is 14.1 Å². The van der Waals surface area contributed by atoms with Gasteiger partial charge in [0.15, 0.2) is 0 Å². The first-order valence-corrected chi connectivity index (χ1v) is 9.69. The zero-order chi connectivity index (χ0) is 19.7. The molecule has 0 radical (unpaired) electrons. The minimum Gasteiger partial charge on any atom is -0.497 e. The van der Waals surface area contributed by atoms with Crippen LogP contribution < -0.4 is 15.3 Å². The smallest absolute Gasteiger partial charge is 0.336 e. The van der Waals surface area contributed by atoms with Gasteiger partial charge in [-0.05, 0) is 54.8 Å². The van der Waals surface area contributed by atoms with Crippen LogP contribution in [0, 0.1) is 13.8 Å². The van der Waals surface area contributed by atoms with Crippen molar-refractivity contribution in [3.63, 3.8) is 0 Å². The van der Waals surface area contributed by atoms with Gasteiger partial charge in [-0.15, -0.1) is 0 Å². The van der Waals surface area contributed by atoms with Crippen LogP contribution in [0.4, 0.5) is 5.69 Å². The molecule has 1 saturated heterocycles. The van der Waals surface area contributed by atoms with Crippen molar-refractivity contribution in [3.05, 3.63) is 69.6 Å². The van der Waals surface area contributed by atoms with Crippen LogP contribution in [0.2, 0.25) is 0 Å². The number of fused-ring (bicyclic) bond motifs is 1. The minimum atomic E-state index is -0.270. The van der Waals surface area contributed by atoms with Gasteiger partial charge in [0.25, 0.3) is 0 Å². The number of piperazine rings is 1. The van der Waals surface area contributed by atoms with E-state index in [2.05, 4.69) is 34.1 Å². The van der Waals surface area contributed by atoms with Crippen LogP contribution in [0.5, 0.6) is 5.75 Å². The lowest BCUT2D eigenvalue weighted by Gasteiger charge is -2.36. The summed E-state index contributed by atoms with van der Waals surface area (Å²) in [6.45, 7) is 8.66. The van der Waals surface area contributed by atoms with E-state index in [1.54, 1.807) is 13.2 Å². The van der Waals surface area contributed by atoms with Gasteiger partial charge in [0.2, 0.25) is 0 Å². The normalized spacial score (nSPS) is 15.2. The average Bonchev–Trinajstić information content (AvgIpc) is 2.72. The number of anilines is 1. The van der Waals surface area contributed by atoms with Gasteiger partial charge in [0.1, 0.15) is 11.3 Å². The molecule has 0 amide bonds. The number of rotatable bonds is 4. The molecule has 28 heavy (non-hydrogen) atoms. The second kappa shape index (κ2) is 7.68. The van der Waals surface area contributed by atoms with Gasteiger partial charge in [-0.1, -0.05) is 12.1 Å². The van der Waals surface area contributed by atoms with Gasteiger partial charge in [-0.3, -0.25) is 4.90 Å². The van der Waals surface area contributed by atoms with E-state index in [0.717, 1.165) is 66.1 Å². The van der Waals surface area contributed by atoms with Gasteiger partial charge in [-0.25, -0.2) is 4.79 Å². The first-order valence-electron chi connectivity index (χ1n) is 9.69. The topological polar surface area (TPSA) is 45.9 Å². The molecule has 0 unspecified atom stereocenters. The van der Waals surface area contributed by atoms with Crippen molar-refractivity contribution in [1.82, 2.24) is 4.90 Å². The zero-order valence-corrected chi connectivity index (χ0v) is 16.7. The Kier molecular flexibility index (Phi) is 5.09. The monoisotopic (exact) mass is 378 g/mol. The van der Waals surface area contributed by atoms with Gasteiger partial charge in [-0.2, -0.15) is 0 Å². The van der Waals surface area contributed by atoms with Crippen LogP contribution in [-0.4, -0.2) is 38.2 Å². The summed E-state index contributed by atoms with van der Waals surface area (Å²) in [5.74, 6) is 0.878. The maximum absolute atomic E-state index is 12.1.